The molecule has 0 saturated heterocycles. The highest BCUT2D eigenvalue weighted by Gasteiger charge is 2.20. The maximum absolute atomic E-state index is 14.3. The second-order valence-electron chi connectivity index (χ2n) is 6.21. The van der Waals surface area contributed by atoms with Gasteiger partial charge in [-0.05, 0) is 42.5 Å². The lowest BCUT2D eigenvalue weighted by Gasteiger charge is -2.26. The number of nitrogens with one attached hydrogen (secondary N) is 2. The third-order valence-corrected chi connectivity index (χ3v) is 4.56. The van der Waals surface area contributed by atoms with Crippen LogP contribution >= 0.6 is 0 Å². The monoisotopic (exact) mass is 339 g/mol. The molecular formula is C18H18FN5O. The number of aromatic amines is 1. The van der Waals surface area contributed by atoms with E-state index in [4.69, 9.17) is 0 Å². The summed E-state index contributed by atoms with van der Waals surface area (Å²) in [5.41, 5.74) is 3.31. The van der Waals surface area contributed by atoms with Crippen molar-refractivity contribution in [2.45, 2.75) is 31.8 Å². The number of halogens is 1. The van der Waals surface area contributed by atoms with E-state index in [1.54, 1.807) is 12.1 Å². The van der Waals surface area contributed by atoms with Gasteiger partial charge in [-0.3, -0.25) is 4.79 Å². The predicted molar refractivity (Wildman–Crippen MR) is 90.9 cm³/mol. The molecule has 2 N–H and O–H groups in total. The van der Waals surface area contributed by atoms with Crippen molar-refractivity contribution in [2.75, 3.05) is 0 Å². The van der Waals surface area contributed by atoms with Crippen LogP contribution in [0.3, 0.4) is 0 Å². The zero-order chi connectivity index (χ0) is 17.2. The first-order valence-electron chi connectivity index (χ1n) is 8.29. The quantitative estimate of drug-likeness (QED) is 0.764. The molecule has 6 nitrogen and oxygen atoms in total. The van der Waals surface area contributed by atoms with Crippen LogP contribution in [0, 0.1) is 5.82 Å². The molecule has 1 aliphatic rings. The van der Waals surface area contributed by atoms with Gasteiger partial charge < -0.3 is 10.3 Å². The van der Waals surface area contributed by atoms with Gasteiger partial charge in [0.05, 0.1) is 0 Å². The summed E-state index contributed by atoms with van der Waals surface area (Å²) in [7, 11) is 0. The highest BCUT2D eigenvalue weighted by molar-refractivity contribution is 5.35. The number of benzene rings is 1. The Morgan fingerprint density at radius 2 is 2.24 bits per heavy atom. The first kappa shape index (κ1) is 15.7. The second kappa shape index (κ2) is 6.60. The Balaban J connectivity index is 1.49. The van der Waals surface area contributed by atoms with Gasteiger partial charge in [0, 0.05) is 24.3 Å². The van der Waals surface area contributed by atoms with E-state index in [9.17, 15) is 9.18 Å². The van der Waals surface area contributed by atoms with Gasteiger partial charge in [-0.25, -0.2) is 14.1 Å². The van der Waals surface area contributed by atoms with Crippen molar-refractivity contribution < 1.29 is 4.39 Å². The van der Waals surface area contributed by atoms with Gasteiger partial charge in [-0.1, -0.05) is 12.1 Å². The Labute approximate surface area is 143 Å². The van der Waals surface area contributed by atoms with Gasteiger partial charge in [0.2, 0.25) is 5.56 Å². The number of nitrogens with zero attached hydrogens (tertiary/aromatic N) is 3. The minimum Gasteiger partial charge on any atom is -0.326 e. The summed E-state index contributed by atoms with van der Waals surface area (Å²) >= 11 is 0. The zero-order valence-corrected chi connectivity index (χ0v) is 13.6. The van der Waals surface area contributed by atoms with E-state index in [-0.39, 0.29) is 17.4 Å². The number of hydrogen-bond acceptors (Lipinski definition) is 4. The second-order valence-corrected chi connectivity index (χ2v) is 6.21. The number of aryl methyl sites for hydroxylation is 1. The first-order valence-corrected chi connectivity index (χ1v) is 8.29. The molecule has 1 atom stereocenters. The number of hydrogen-bond donors (Lipinski definition) is 2. The Kier molecular flexibility index (Phi) is 4.15. The van der Waals surface area contributed by atoms with Gasteiger partial charge in [0.25, 0.3) is 0 Å². The molecule has 0 saturated carbocycles. The SMILES string of the molecule is O=c1ccc2c([nH]1)CCC[C@@H]2NCc1ccc(-n2cncn2)c(F)c1. The maximum Gasteiger partial charge on any atom is 0.248 e. The molecule has 7 heteroatoms. The van der Waals surface area contributed by atoms with Gasteiger partial charge >= 0.3 is 0 Å². The van der Waals surface area contributed by atoms with Crippen molar-refractivity contribution in [3.05, 3.63) is 76.0 Å². The predicted octanol–water partition coefficient (Wildman–Crippen LogP) is 2.26. The van der Waals surface area contributed by atoms with E-state index in [0.717, 1.165) is 36.1 Å². The average Bonchev–Trinajstić information content (AvgIpc) is 3.14. The van der Waals surface area contributed by atoms with Crippen LogP contribution < -0.4 is 10.9 Å². The van der Waals surface area contributed by atoms with E-state index in [0.29, 0.717) is 12.2 Å². The largest absolute Gasteiger partial charge is 0.326 e. The standard InChI is InChI=1S/C18H18FN5O/c19-14-8-12(4-6-17(14)24-11-20-10-22-24)9-21-15-2-1-3-16-13(15)5-7-18(25)23-16/h4-8,10-11,15,21H,1-3,9H2,(H,23,25)/t15-/m0/s1. The number of aromatic nitrogens is 4. The molecule has 0 aliphatic heterocycles. The number of H-pyrrole nitrogens is 1. The van der Waals surface area contributed by atoms with E-state index in [1.807, 2.05) is 12.1 Å². The highest BCUT2D eigenvalue weighted by atomic mass is 19.1. The molecule has 2 heterocycles. The van der Waals surface area contributed by atoms with Gasteiger partial charge in [-0.2, -0.15) is 5.10 Å². The third kappa shape index (κ3) is 3.23. The van der Waals surface area contributed by atoms with Gasteiger partial charge in [-0.15, -0.1) is 0 Å². The zero-order valence-electron chi connectivity index (χ0n) is 13.6. The molecular weight excluding hydrogens is 321 g/mol. The molecule has 3 aromatic rings. The van der Waals surface area contributed by atoms with Crippen molar-refractivity contribution in [2.24, 2.45) is 0 Å². The molecule has 0 spiro atoms. The normalized spacial score (nSPS) is 16.6. The number of fused-ring (bicyclic) bond motifs is 1. The van der Waals surface area contributed by atoms with Crippen LogP contribution in [0.5, 0.6) is 0 Å². The molecule has 4 rings (SSSR count). The van der Waals surface area contributed by atoms with Crippen LogP contribution in [0.2, 0.25) is 0 Å². The Bertz CT molecular complexity index is 935. The molecule has 0 fully saturated rings. The van der Waals surface area contributed by atoms with Crippen LogP contribution in [0.15, 0.2) is 47.8 Å². The summed E-state index contributed by atoms with van der Waals surface area (Å²) in [4.78, 5) is 18.2. The summed E-state index contributed by atoms with van der Waals surface area (Å²) in [6.45, 7) is 0.553. The fourth-order valence-corrected chi connectivity index (χ4v) is 3.33. The fraction of sp³-hybridized carbons (Fsp3) is 0.278. The van der Waals surface area contributed by atoms with Gasteiger partial charge in [0.1, 0.15) is 24.2 Å². The van der Waals surface area contributed by atoms with Crippen molar-refractivity contribution >= 4 is 0 Å². The lowest BCUT2D eigenvalue weighted by Crippen LogP contribution is -2.27. The summed E-state index contributed by atoms with van der Waals surface area (Å²) in [6.07, 6.45) is 5.75. The summed E-state index contributed by atoms with van der Waals surface area (Å²) in [5, 5.41) is 7.42. The molecule has 0 bridgehead atoms. The van der Waals surface area contributed by atoms with Crippen LogP contribution in [0.1, 0.15) is 35.7 Å². The lowest BCUT2D eigenvalue weighted by molar-refractivity contribution is 0.452. The molecule has 128 valence electrons. The fourth-order valence-electron chi connectivity index (χ4n) is 3.33. The van der Waals surface area contributed by atoms with Crippen LogP contribution in [-0.2, 0) is 13.0 Å². The molecule has 0 radical (unpaired) electrons. The minimum absolute atomic E-state index is 0.0647. The Morgan fingerprint density at radius 1 is 1.32 bits per heavy atom. The van der Waals surface area contributed by atoms with Crippen molar-refractivity contribution in [3.8, 4) is 5.69 Å². The highest BCUT2D eigenvalue weighted by Crippen LogP contribution is 2.27. The van der Waals surface area contributed by atoms with Crippen molar-refractivity contribution in [1.29, 1.82) is 0 Å². The third-order valence-electron chi connectivity index (χ3n) is 4.56. The number of rotatable bonds is 4. The van der Waals surface area contributed by atoms with E-state index < -0.39 is 0 Å². The van der Waals surface area contributed by atoms with Crippen LogP contribution in [0.4, 0.5) is 4.39 Å². The van der Waals surface area contributed by atoms with Crippen molar-refractivity contribution in [1.82, 2.24) is 25.1 Å². The number of pyridine rings is 1. The minimum atomic E-state index is -0.335. The van der Waals surface area contributed by atoms with Gasteiger partial charge in [0.15, 0.2) is 0 Å². The summed E-state index contributed by atoms with van der Waals surface area (Å²) in [6, 6.07) is 8.71. The smallest absolute Gasteiger partial charge is 0.248 e. The van der Waals surface area contributed by atoms with Crippen LogP contribution in [-0.4, -0.2) is 19.7 Å². The Morgan fingerprint density at radius 3 is 3.04 bits per heavy atom. The Hall–Kier alpha value is -2.80. The molecule has 1 aromatic carbocycles. The molecule has 0 unspecified atom stereocenters. The van der Waals surface area contributed by atoms with E-state index >= 15 is 0 Å². The summed E-state index contributed by atoms with van der Waals surface area (Å²) in [5.74, 6) is -0.335. The lowest BCUT2D eigenvalue weighted by atomic mass is 9.91. The van der Waals surface area contributed by atoms with E-state index in [2.05, 4.69) is 20.4 Å². The maximum atomic E-state index is 14.3. The average molecular weight is 339 g/mol. The topological polar surface area (TPSA) is 75.6 Å². The molecule has 0 amide bonds. The van der Waals surface area contributed by atoms with Crippen LogP contribution in [0.25, 0.3) is 5.69 Å². The van der Waals surface area contributed by atoms with Crippen molar-refractivity contribution in [3.63, 3.8) is 0 Å². The molecule has 25 heavy (non-hydrogen) atoms. The summed E-state index contributed by atoms with van der Waals surface area (Å²) < 4.78 is 15.7. The molecule has 1 aliphatic carbocycles. The first-order chi connectivity index (χ1) is 12.2. The van der Waals surface area contributed by atoms with E-state index in [1.165, 1.54) is 23.4 Å². The molecule has 2 aromatic heterocycles.